The van der Waals surface area contributed by atoms with Gasteiger partial charge in [-0.15, -0.1) is 0 Å². The fourth-order valence-corrected chi connectivity index (χ4v) is 3.18. The van der Waals surface area contributed by atoms with Crippen LogP contribution in [0.15, 0.2) is 18.2 Å². The van der Waals surface area contributed by atoms with Gasteiger partial charge < -0.3 is 10.6 Å². The quantitative estimate of drug-likeness (QED) is 0.666. The normalized spacial score (nSPS) is 22.0. The number of benzene rings is 1. The molecular formula is C16H25N3O2. The Balaban J connectivity index is 2.31. The maximum atomic E-state index is 11.4. The minimum absolute atomic E-state index is 0.221. The lowest BCUT2D eigenvalue weighted by Crippen LogP contribution is -2.41. The predicted molar refractivity (Wildman–Crippen MR) is 85.7 cm³/mol. The molecule has 0 bridgehead atoms. The summed E-state index contributed by atoms with van der Waals surface area (Å²) in [6, 6.07) is 6.19. The third-order valence-corrected chi connectivity index (χ3v) is 4.28. The molecule has 0 radical (unpaired) electrons. The molecule has 2 rings (SSSR count). The summed E-state index contributed by atoms with van der Waals surface area (Å²) in [7, 11) is 0. The number of nitrogens with two attached hydrogens (primary N) is 1. The number of nitro groups is 1. The summed E-state index contributed by atoms with van der Waals surface area (Å²) in [5.41, 5.74) is 7.88. The summed E-state index contributed by atoms with van der Waals surface area (Å²) in [5, 5.41) is 11.4. The summed E-state index contributed by atoms with van der Waals surface area (Å²) < 4.78 is 0. The van der Waals surface area contributed by atoms with Crippen molar-refractivity contribution in [1.29, 1.82) is 0 Å². The highest BCUT2D eigenvalue weighted by atomic mass is 16.6. The van der Waals surface area contributed by atoms with E-state index in [9.17, 15) is 10.1 Å². The number of nitrogens with zero attached hydrogens (tertiary/aromatic N) is 2. The van der Waals surface area contributed by atoms with Crippen LogP contribution in [0, 0.1) is 17.0 Å². The Bertz CT molecular complexity index is 496. The number of nitro benzene ring substituents is 1. The number of aryl methyl sites for hydroxylation is 1. The zero-order valence-corrected chi connectivity index (χ0v) is 12.9. The molecule has 1 aliphatic rings. The first-order valence-electron chi connectivity index (χ1n) is 7.80. The zero-order chi connectivity index (χ0) is 15.4. The van der Waals surface area contributed by atoms with Crippen LogP contribution in [0.4, 0.5) is 11.4 Å². The Morgan fingerprint density at radius 1 is 1.33 bits per heavy atom. The number of rotatable bonds is 5. The van der Waals surface area contributed by atoms with Crippen molar-refractivity contribution in [2.24, 2.45) is 5.73 Å². The average molecular weight is 291 g/mol. The first kappa shape index (κ1) is 15.8. The molecule has 116 valence electrons. The summed E-state index contributed by atoms with van der Waals surface area (Å²) >= 11 is 0. The Morgan fingerprint density at radius 2 is 2.00 bits per heavy atom. The molecule has 0 atom stereocenters. The molecule has 0 aromatic heterocycles. The summed E-state index contributed by atoms with van der Waals surface area (Å²) in [6.07, 6.45) is 5.03. The highest BCUT2D eigenvalue weighted by molar-refractivity contribution is 5.65. The van der Waals surface area contributed by atoms with Crippen LogP contribution in [-0.2, 0) is 0 Å². The third-order valence-electron chi connectivity index (χ3n) is 4.28. The van der Waals surface area contributed by atoms with Gasteiger partial charge in [-0.2, -0.15) is 0 Å². The van der Waals surface area contributed by atoms with Gasteiger partial charge in [-0.3, -0.25) is 10.1 Å². The second-order valence-corrected chi connectivity index (χ2v) is 6.01. The lowest BCUT2D eigenvalue weighted by atomic mass is 9.90. The monoisotopic (exact) mass is 291 g/mol. The molecule has 0 unspecified atom stereocenters. The van der Waals surface area contributed by atoms with Gasteiger partial charge in [0.1, 0.15) is 5.69 Å². The topological polar surface area (TPSA) is 72.4 Å². The maximum Gasteiger partial charge on any atom is 0.292 e. The Hall–Kier alpha value is -1.62. The molecule has 5 nitrogen and oxygen atoms in total. The van der Waals surface area contributed by atoms with Crippen LogP contribution in [-0.4, -0.2) is 23.6 Å². The van der Waals surface area contributed by atoms with Gasteiger partial charge in [-0.1, -0.05) is 13.0 Å². The molecule has 0 heterocycles. The molecule has 21 heavy (non-hydrogen) atoms. The second kappa shape index (κ2) is 6.89. The highest BCUT2D eigenvalue weighted by Crippen LogP contribution is 2.34. The SMILES string of the molecule is CCCN(c1ccc(C)cc1[N+](=O)[O-])C1CCC(N)CC1. The fraction of sp³-hybridized carbons (Fsp3) is 0.625. The van der Waals surface area contributed by atoms with Gasteiger partial charge in [0.25, 0.3) is 5.69 Å². The molecular weight excluding hydrogens is 266 g/mol. The van der Waals surface area contributed by atoms with Crippen LogP contribution in [0.2, 0.25) is 0 Å². The van der Waals surface area contributed by atoms with E-state index in [0.29, 0.717) is 6.04 Å². The summed E-state index contributed by atoms with van der Waals surface area (Å²) in [5.74, 6) is 0. The zero-order valence-electron chi connectivity index (χ0n) is 12.9. The van der Waals surface area contributed by atoms with Crippen LogP contribution in [0.25, 0.3) is 0 Å². The average Bonchev–Trinajstić information content (AvgIpc) is 2.46. The van der Waals surface area contributed by atoms with E-state index in [1.165, 1.54) is 0 Å². The van der Waals surface area contributed by atoms with Gasteiger partial charge in [0, 0.05) is 24.7 Å². The molecule has 0 saturated heterocycles. The first-order chi connectivity index (χ1) is 10.0. The summed E-state index contributed by atoms with van der Waals surface area (Å²) in [6.45, 7) is 4.85. The molecule has 1 fully saturated rings. The Kier molecular flexibility index (Phi) is 5.17. The van der Waals surface area contributed by atoms with E-state index in [2.05, 4.69) is 11.8 Å². The van der Waals surface area contributed by atoms with Crippen molar-refractivity contribution in [2.45, 2.75) is 58.0 Å². The van der Waals surface area contributed by atoms with E-state index in [1.807, 2.05) is 19.1 Å². The second-order valence-electron chi connectivity index (χ2n) is 6.01. The molecule has 1 aromatic carbocycles. The van der Waals surface area contributed by atoms with Crippen molar-refractivity contribution < 1.29 is 4.92 Å². The van der Waals surface area contributed by atoms with E-state index in [4.69, 9.17) is 5.73 Å². The molecule has 1 aliphatic carbocycles. The molecule has 0 amide bonds. The van der Waals surface area contributed by atoms with Crippen molar-refractivity contribution in [2.75, 3.05) is 11.4 Å². The number of anilines is 1. The van der Waals surface area contributed by atoms with Crippen LogP contribution >= 0.6 is 0 Å². The minimum atomic E-state index is -0.264. The van der Waals surface area contributed by atoms with Crippen LogP contribution in [0.3, 0.4) is 0 Å². The van der Waals surface area contributed by atoms with Gasteiger partial charge in [-0.25, -0.2) is 0 Å². The van der Waals surface area contributed by atoms with E-state index < -0.39 is 0 Å². The van der Waals surface area contributed by atoms with Gasteiger partial charge in [0.2, 0.25) is 0 Å². The van der Waals surface area contributed by atoms with Crippen molar-refractivity contribution in [3.63, 3.8) is 0 Å². The number of hydrogen-bond donors (Lipinski definition) is 1. The van der Waals surface area contributed by atoms with Crippen molar-refractivity contribution in [3.8, 4) is 0 Å². The minimum Gasteiger partial charge on any atom is -0.363 e. The molecule has 0 spiro atoms. The summed E-state index contributed by atoms with van der Waals surface area (Å²) in [4.78, 5) is 13.3. The third kappa shape index (κ3) is 3.73. The van der Waals surface area contributed by atoms with Gasteiger partial charge in [-0.05, 0) is 50.7 Å². The fourth-order valence-electron chi connectivity index (χ4n) is 3.18. The van der Waals surface area contributed by atoms with Crippen molar-refractivity contribution >= 4 is 11.4 Å². The number of hydrogen-bond acceptors (Lipinski definition) is 4. The standard InChI is InChI=1S/C16H25N3O2/c1-3-10-18(14-7-5-13(17)6-8-14)15-9-4-12(2)11-16(15)19(20)21/h4,9,11,13-14H,3,5-8,10,17H2,1-2H3. The van der Waals surface area contributed by atoms with E-state index in [-0.39, 0.29) is 16.7 Å². The van der Waals surface area contributed by atoms with E-state index >= 15 is 0 Å². The van der Waals surface area contributed by atoms with Gasteiger partial charge in [0.15, 0.2) is 0 Å². The van der Waals surface area contributed by atoms with Gasteiger partial charge >= 0.3 is 0 Å². The van der Waals surface area contributed by atoms with E-state index in [1.54, 1.807) is 6.07 Å². The predicted octanol–water partition coefficient (Wildman–Crippen LogP) is 3.39. The Labute approximate surface area is 126 Å². The highest BCUT2D eigenvalue weighted by Gasteiger charge is 2.28. The maximum absolute atomic E-state index is 11.4. The smallest absolute Gasteiger partial charge is 0.292 e. The van der Waals surface area contributed by atoms with E-state index in [0.717, 1.165) is 49.9 Å². The van der Waals surface area contributed by atoms with Crippen molar-refractivity contribution in [1.82, 2.24) is 0 Å². The lowest BCUT2D eigenvalue weighted by molar-refractivity contribution is -0.384. The molecule has 5 heteroatoms. The van der Waals surface area contributed by atoms with Crippen LogP contribution < -0.4 is 10.6 Å². The van der Waals surface area contributed by atoms with Crippen LogP contribution in [0.1, 0.15) is 44.6 Å². The molecule has 1 aromatic rings. The lowest BCUT2D eigenvalue weighted by Gasteiger charge is -2.37. The first-order valence-corrected chi connectivity index (χ1v) is 7.80. The Morgan fingerprint density at radius 3 is 2.57 bits per heavy atom. The molecule has 0 aliphatic heterocycles. The van der Waals surface area contributed by atoms with Crippen LogP contribution in [0.5, 0.6) is 0 Å². The molecule has 2 N–H and O–H groups in total. The van der Waals surface area contributed by atoms with Gasteiger partial charge in [0.05, 0.1) is 4.92 Å². The largest absolute Gasteiger partial charge is 0.363 e. The molecule has 1 saturated carbocycles. The van der Waals surface area contributed by atoms with Crippen molar-refractivity contribution in [3.05, 3.63) is 33.9 Å².